The van der Waals surface area contributed by atoms with Gasteiger partial charge in [0.2, 0.25) is 0 Å². The Morgan fingerprint density at radius 1 is 1.16 bits per heavy atom. The number of pyridine rings is 1. The zero-order valence-corrected chi connectivity index (χ0v) is 19.0. The highest BCUT2D eigenvalue weighted by molar-refractivity contribution is 5.94. The van der Waals surface area contributed by atoms with Crippen LogP contribution in [0.3, 0.4) is 0 Å². The number of fused-ring (bicyclic) bond motifs is 1. The molecule has 0 bridgehead atoms. The molecule has 0 fully saturated rings. The van der Waals surface area contributed by atoms with Crippen molar-refractivity contribution in [2.75, 3.05) is 19.4 Å². The Morgan fingerprint density at radius 2 is 2.00 bits per heavy atom. The molecule has 2 heterocycles. The molecule has 1 N–H and O–H groups in total. The van der Waals surface area contributed by atoms with Crippen LogP contribution in [0.25, 0.3) is 22.0 Å². The molecular weight excluding hydrogens is 396 g/mol. The van der Waals surface area contributed by atoms with Crippen molar-refractivity contribution < 1.29 is 0 Å². The molecule has 162 valence electrons. The molecule has 2 aromatic heterocycles. The Kier molecular flexibility index (Phi) is 6.14. The second-order valence-electron chi connectivity index (χ2n) is 8.03. The number of nitrogens with one attached hydrogen (secondary N) is 1. The monoisotopic (exact) mass is 424 g/mol. The third-order valence-corrected chi connectivity index (χ3v) is 5.39. The summed E-state index contributed by atoms with van der Waals surface area (Å²) in [5.41, 5.74) is 7.82. The second-order valence-corrected chi connectivity index (χ2v) is 8.03. The number of rotatable bonds is 7. The predicted octanol–water partition coefficient (Wildman–Crippen LogP) is 6.10. The topological polar surface area (TPSA) is 57.8 Å². The van der Waals surface area contributed by atoms with Crippen molar-refractivity contribution in [3.8, 4) is 11.1 Å². The van der Waals surface area contributed by atoms with Crippen molar-refractivity contribution in [1.29, 1.82) is 0 Å². The van der Waals surface area contributed by atoms with Crippen molar-refractivity contribution in [2.45, 2.75) is 13.5 Å². The van der Waals surface area contributed by atoms with Crippen LogP contribution in [0.2, 0.25) is 0 Å². The van der Waals surface area contributed by atoms with E-state index in [1.54, 1.807) is 6.21 Å². The van der Waals surface area contributed by atoms with Crippen molar-refractivity contribution in [2.24, 2.45) is 17.0 Å². The minimum atomic E-state index is 0.730. The van der Waals surface area contributed by atoms with Crippen LogP contribution >= 0.6 is 0 Å². The number of benzene rings is 2. The van der Waals surface area contributed by atoms with E-state index in [0.717, 1.165) is 40.4 Å². The summed E-state index contributed by atoms with van der Waals surface area (Å²) < 4.78 is 2.12. The molecule has 0 saturated heterocycles. The Bertz CT molecular complexity index is 1300. The van der Waals surface area contributed by atoms with Crippen molar-refractivity contribution in [3.05, 3.63) is 66.6 Å². The third kappa shape index (κ3) is 4.31. The summed E-state index contributed by atoms with van der Waals surface area (Å²) in [4.78, 5) is 15.4. The van der Waals surface area contributed by atoms with E-state index in [1.807, 2.05) is 31.5 Å². The lowest BCUT2D eigenvalue weighted by atomic mass is 10.00. The van der Waals surface area contributed by atoms with E-state index >= 15 is 0 Å². The fourth-order valence-electron chi connectivity index (χ4n) is 3.90. The minimum Gasteiger partial charge on any atom is -0.354 e. The van der Waals surface area contributed by atoms with Gasteiger partial charge in [0.05, 0.1) is 23.3 Å². The Morgan fingerprint density at radius 3 is 2.75 bits per heavy atom. The van der Waals surface area contributed by atoms with Gasteiger partial charge in [-0.25, -0.2) is 0 Å². The maximum Gasteiger partial charge on any atom is 0.0961 e. The molecule has 4 aromatic rings. The third-order valence-electron chi connectivity index (χ3n) is 5.39. The quantitative estimate of drug-likeness (QED) is 0.365. The maximum absolute atomic E-state index is 4.64. The van der Waals surface area contributed by atoms with E-state index < -0.39 is 0 Å². The zero-order chi connectivity index (χ0) is 22.7. The summed E-state index contributed by atoms with van der Waals surface area (Å²) in [7, 11) is 6.17. The number of nitrogens with zero attached hydrogens (tertiary/aromatic N) is 5. The van der Waals surface area contributed by atoms with Gasteiger partial charge in [-0.1, -0.05) is 12.1 Å². The molecule has 2 aromatic carbocycles. The number of aromatic nitrogens is 2. The van der Waals surface area contributed by atoms with E-state index in [2.05, 4.69) is 94.1 Å². The average Bonchev–Trinajstić information content (AvgIpc) is 3.15. The van der Waals surface area contributed by atoms with Gasteiger partial charge in [0.25, 0.3) is 0 Å². The molecule has 0 aliphatic heterocycles. The lowest BCUT2D eigenvalue weighted by Gasteiger charge is -2.17. The fourth-order valence-corrected chi connectivity index (χ4v) is 3.90. The van der Waals surface area contributed by atoms with Crippen LogP contribution in [0.15, 0.2) is 71.0 Å². The fraction of sp³-hybridized carbons (Fsp3) is 0.192. The van der Waals surface area contributed by atoms with Gasteiger partial charge in [0.15, 0.2) is 0 Å². The van der Waals surface area contributed by atoms with E-state index in [1.165, 1.54) is 16.5 Å². The van der Waals surface area contributed by atoms with Crippen LogP contribution in [0, 0.1) is 0 Å². The van der Waals surface area contributed by atoms with Crippen LogP contribution in [0.5, 0.6) is 0 Å². The van der Waals surface area contributed by atoms with Gasteiger partial charge in [-0.15, -0.1) is 0 Å². The summed E-state index contributed by atoms with van der Waals surface area (Å²) in [6, 6.07) is 14.7. The first-order valence-corrected chi connectivity index (χ1v) is 10.5. The molecule has 0 aliphatic rings. The zero-order valence-electron chi connectivity index (χ0n) is 19.0. The van der Waals surface area contributed by atoms with Crippen molar-refractivity contribution in [3.63, 3.8) is 0 Å². The summed E-state index contributed by atoms with van der Waals surface area (Å²) in [5.74, 6) is 0. The first-order chi connectivity index (χ1) is 15.5. The van der Waals surface area contributed by atoms with Gasteiger partial charge >= 0.3 is 0 Å². The predicted molar refractivity (Wildman–Crippen MR) is 136 cm³/mol. The first-order valence-electron chi connectivity index (χ1n) is 10.5. The first kappa shape index (κ1) is 21.5. The van der Waals surface area contributed by atoms with E-state index in [0.29, 0.717) is 0 Å². The van der Waals surface area contributed by atoms with Gasteiger partial charge in [0, 0.05) is 49.0 Å². The van der Waals surface area contributed by atoms with Crippen LogP contribution in [0.1, 0.15) is 12.5 Å². The molecule has 0 saturated carbocycles. The molecule has 0 radical (unpaired) electrons. The van der Waals surface area contributed by atoms with Crippen LogP contribution in [0.4, 0.5) is 22.7 Å². The van der Waals surface area contributed by atoms with E-state index in [9.17, 15) is 0 Å². The van der Waals surface area contributed by atoms with Crippen molar-refractivity contribution >= 4 is 46.6 Å². The van der Waals surface area contributed by atoms with E-state index in [4.69, 9.17) is 0 Å². The number of aryl methyl sites for hydroxylation is 1. The van der Waals surface area contributed by atoms with Crippen molar-refractivity contribution in [1.82, 2.24) is 14.5 Å². The molecular formula is C26H28N6. The molecule has 32 heavy (non-hydrogen) atoms. The lowest BCUT2D eigenvalue weighted by molar-refractivity contribution is 0.403. The molecule has 0 aliphatic carbocycles. The van der Waals surface area contributed by atoms with E-state index in [-0.39, 0.29) is 0 Å². The molecule has 0 amide bonds. The second kappa shape index (κ2) is 9.16. The number of aliphatic imine (C=N–C) groups is 2. The molecule has 0 spiro atoms. The van der Waals surface area contributed by atoms with Gasteiger partial charge in [-0.3, -0.25) is 15.0 Å². The van der Waals surface area contributed by atoms with Crippen LogP contribution in [-0.2, 0) is 13.6 Å². The normalized spacial score (nSPS) is 11.5. The number of hydrogen-bond acceptors (Lipinski definition) is 5. The van der Waals surface area contributed by atoms with Gasteiger partial charge in [-0.2, -0.15) is 0 Å². The minimum absolute atomic E-state index is 0.730. The van der Waals surface area contributed by atoms with Crippen LogP contribution < -0.4 is 5.32 Å². The summed E-state index contributed by atoms with van der Waals surface area (Å²) in [5, 5.41) is 4.75. The molecule has 6 heteroatoms. The highest BCUT2D eigenvalue weighted by atomic mass is 15.1. The lowest BCUT2D eigenvalue weighted by Crippen LogP contribution is -2.12. The number of hydrogen-bond donors (Lipinski definition) is 1. The Hall–Kier alpha value is -3.77. The highest BCUT2D eigenvalue weighted by Gasteiger charge is 2.14. The average molecular weight is 425 g/mol. The summed E-state index contributed by atoms with van der Waals surface area (Å²) >= 11 is 0. The van der Waals surface area contributed by atoms with Gasteiger partial charge in [-0.05, 0) is 74.6 Å². The Labute approximate surface area is 189 Å². The smallest absolute Gasteiger partial charge is 0.0961 e. The highest BCUT2D eigenvalue weighted by Crippen LogP contribution is 2.42. The molecule has 0 atom stereocenters. The number of anilines is 2. The largest absolute Gasteiger partial charge is 0.354 e. The molecule has 6 nitrogen and oxygen atoms in total. The Balaban J connectivity index is 1.85. The van der Waals surface area contributed by atoms with Gasteiger partial charge < -0.3 is 14.8 Å². The summed E-state index contributed by atoms with van der Waals surface area (Å²) in [6.07, 6.45) is 7.54. The standard InChI is InChI=1S/C26H28N6/c1-6-29-26-22(19-8-7-18-10-12-32(5)25(18)13-19)14-21(15-23(26)27-2)30-24-16-28-11-9-20(24)17-31(3)4/h6-16,30H,2,17H2,1,3-5H3/b29-6-. The SMILES string of the molecule is C=Nc1cc(Nc2cnccc2CN(C)C)cc(-c2ccc3ccn(C)c3c2)c1/N=C\C. The van der Waals surface area contributed by atoms with Crippen LogP contribution in [-0.4, -0.2) is 41.5 Å². The maximum atomic E-state index is 4.64. The molecule has 0 unspecified atom stereocenters. The van der Waals surface area contributed by atoms with Gasteiger partial charge in [0.1, 0.15) is 0 Å². The molecule has 4 rings (SSSR count). The summed E-state index contributed by atoms with van der Waals surface area (Å²) in [6.45, 7) is 6.52.